The predicted molar refractivity (Wildman–Crippen MR) is 90.6 cm³/mol. The van der Waals surface area contributed by atoms with Gasteiger partial charge in [-0.05, 0) is 43.2 Å². The molecule has 1 rings (SSSR count). The molecule has 1 nitrogen and oxygen atoms in total. The number of hydrogen-bond acceptors (Lipinski definition) is 1. The van der Waals surface area contributed by atoms with Crippen LogP contribution in [0.15, 0.2) is 41.8 Å². The zero-order valence-corrected chi connectivity index (χ0v) is 15.3. The minimum Gasteiger partial charge on any atom is -0.550 e. The summed E-state index contributed by atoms with van der Waals surface area (Å²) in [7, 11) is -2.74. The first kappa shape index (κ1) is 16.2. The van der Waals surface area contributed by atoms with Gasteiger partial charge in [0.05, 0.1) is 14.3 Å². The lowest BCUT2D eigenvalue weighted by molar-refractivity contribution is 0.474. The van der Waals surface area contributed by atoms with Crippen LogP contribution in [-0.4, -0.2) is 16.4 Å². The summed E-state index contributed by atoms with van der Waals surface area (Å²) in [5.74, 6) is 0. The molecule has 0 bridgehead atoms. The average molecular weight is 293 g/mol. The molecular weight excluding hydrogens is 264 g/mol. The van der Waals surface area contributed by atoms with E-state index in [2.05, 4.69) is 75.9 Å². The molecule has 0 fully saturated rings. The zero-order chi connectivity index (χ0) is 14.5. The van der Waals surface area contributed by atoms with Crippen LogP contribution in [0, 0.1) is 0 Å². The van der Waals surface area contributed by atoms with Gasteiger partial charge in [-0.2, -0.15) is 0 Å². The Bertz CT molecular complexity index is 411. The minimum absolute atomic E-state index is 1.12. The molecule has 0 aliphatic carbocycles. The second kappa shape index (κ2) is 6.57. The van der Waals surface area contributed by atoms with Crippen molar-refractivity contribution in [3.05, 3.63) is 47.4 Å². The third-order valence-electron chi connectivity index (χ3n) is 3.04. The van der Waals surface area contributed by atoms with Crippen LogP contribution >= 0.6 is 0 Å². The molecule has 1 aromatic rings. The van der Waals surface area contributed by atoms with Gasteiger partial charge in [0.25, 0.3) is 0 Å². The molecular formula is C16H28OSi2. The van der Waals surface area contributed by atoms with Crippen LogP contribution in [0.5, 0.6) is 0 Å². The molecule has 0 radical (unpaired) electrons. The molecule has 0 N–H and O–H groups in total. The van der Waals surface area contributed by atoms with Crippen molar-refractivity contribution in [3.63, 3.8) is 0 Å². The summed E-state index contributed by atoms with van der Waals surface area (Å²) in [6, 6.07) is 10.7. The SMILES string of the molecule is C[Si](C)(C)O/C=C(/CCc1ccccc1)[Si](C)(C)C. The standard InChI is InChI=1S/C16H28OSi2/c1-18(2,3)16(14-17-19(4,5)6)13-12-15-10-8-7-9-11-15/h7-11,14H,12-13H2,1-6H3/b16-14-. The largest absolute Gasteiger partial charge is 0.550 e. The molecule has 0 aliphatic heterocycles. The number of hydrogen-bond donors (Lipinski definition) is 0. The van der Waals surface area contributed by atoms with Gasteiger partial charge in [-0.3, -0.25) is 0 Å². The van der Waals surface area contributed by atoms with E-state index in [1.54, 1.807) is 5.20 Å². The van der Waals surface area contributed by atoms with E-state index in [-0.39, 0.29) is 0 Å². The summed E-state index contributed by atoms with van der Waals surface area (Å²) in [6.45, 7) is 13.9. The van der Waals surface area contributed by atoms with E-state index in [9.17, 15) is 0 Å². The van der Waals surface area contributed by atoms with E-state index in [1.807, 2.05) is 0 Å². The predicted octanol–water partition coefficient (Wildman–Crippen LogP) is 5.23. The van der Waals surface area contributed by atoms with Crippen LogP contribution in [0.1, 0.15) is 12.0 Å². The Morgan fingerprint density at radius 3 is 2.05 bits per heavy atom. The van der Waals surface area contributed by atoms with Crippen molar-refractivity contribution >= 4 is 16.4 Å². The number of aryl methyl sites for hydroxylation is 1. The maximum Gasteiger partial charge on any atom is 0.241 e. The maximum atomic E-state index is 6.02. The molecule has 0 atom stereocenters. The molecule has 19 heavy (non-hydrogen) atoms. The molecule has 3 heteroatoms. The van der Waals surface area contributed by atoms with Crippen LogP contribution < -0.4 is 0 Å². The van der Waals surface area contributed by atoms with E-state index < -0.39 is 16.4 Å². The Labute approximate surface area is 120 Å². The van der Waals surface area contributed by atoms with Crippen LogP contribution in [0.2, 0.25) is 39.3 Å². The monoisotopic (exact) mass is 292 g/mol. The van der Waals surface area contributed by atoms with Crippen molar-refractivity contribution in [2.45, 2.75) is 52.1 Å². The highest BCUT2D eigenvalue weighted by Crippen LogP contribution is 2.21. The van der Waals surface area contributed by atoms with Crippen LogP contribution in [-0.2, 0) is 10.8 Å². The van der Waals surface area contributed by atoms with E-state index in [0.717, 1.165) is 12.8 Å². The smallest absolute Gasteiger partial charge is 0.241 e. The third kappa shape index (κ3) is 6.78. The van der Waals surface area contributed by atoms with E-state index in [0.29, 0.717) is 0 Å². The molecule has 0 spiro atoms. The molecule has 1 aromatic carbocycles. The van der Waals surface area contributed by atoms with Gasteiger partial charge >= 0.3 is 0 Å². The van der Waals surface area contributed by atoms with Crippen molar-refractivity contribution in [1.29, 1.82) is 0 Å². The highest BCUT2D eigenvalue weighted by Gasteiger charge is 2.21. The fraction of sp³-hybridized carbons (Fsp3) is 0.500. The average Bonchev–Trinajstić information content (AvgIpc) is 2.27. The van der Waals surface area contributed by atoms with Gasteiger partial charge in [-0.1, -0.05) is 50.0 Å². The topological polar surface area (TPSA) is 9.23 Å². The molecule has 0 saturated heterocycles. The molecule has 0 aromatic heterocycles. The van der Waals surface area contributed by atoms with Gasteiger partial charge in [0.15, 0.2) is 0 Å². The summed E-state index contributed by atoms with van der Waals surface area (Å²) in [5.41, 5.74) is 1.42. The van der Waals surface area contributed by atoms with Crippen molar-refractivity contribution in [2.75, 3.05) is 0 Å². The van der Waals surface area contributed by atoms with Gasteiger partial charge in [-0.25, -0.2) is 0 Å². The number of allylic oxidation sites excluding steroid dienone is 1. The summed E-state index contributed by atoms with van der Waals surface area (Å²) in [4.78, 5) is 0. The second-order valence-corrected chi connectivity index (χ2v) is 16.7. The van der Waals surface area contributed by atoms with Gasteiger partial charge < -0.3 is 4.43 Å². The summed E-state index contributed by atoms with van der Waals surface area (Å²) < 4.78 is 6.02. The Balaban J connectivity index is 2.71. The summed E-state index contributed by atoms with van der Waals surface area (Å²) in [6.07, 6.45) is 4.34. The molecule has 0 amide bonds. The fourth-order valence-electron chi connectivity index (χ4n) is 1.78. The van der Waals surface area contributed by atoms with Crippen LogP contribution in [0.4, 0.5) is 0 Å². The molecule has 106 valence electrons. The van der Waals surface area contributed by atoms with Gasteiger partial charge in [0.2, 0.25) is 8.32 Å². The lowest BCUT2D eigenvalue weighted by Crippen LogP contribution is -2.28. The van der Waals surface area contributed by atoms with Crippen molar-refractivity contribution in [3.8, 4) is 0 Å². The zero-order valence-electron chi connectivity index (χ0n) is 13.3. The van der Waals surface area contributed by atoms with Crippen LogP contribution in [0.25, 0.3) is 0 Å². The minimum atomic E-state index is -1.46. The highest BCUT2D eigenvalue weighted by molar-refractivity contribution is 6.83. The van der Waals surface area contributed by atoms with Crippen molar-refractivity contribution in [2.24, 2.45) is 0 Å². The number of rotatable bonds is 6. The van der Waals surface area contributed by atoms with Gasteiger partial charge in [0.1, 0.15) is 0 Å². The van der Waals surface area contributed by atoms with Crippen LogP contribution in [0.3, 0.4) is 0 Å². The quantitative estimate of drug-likeness (QED) is 0.515. The first-order chi connectivity index (χ1) is 8.68. The first-order valence-electron chi connectivity index (χ1n) is 7.10. The molecule has 0 saturated carbocycles. The van der Waals surface area contributed by atoms with E-state index in [4.69, 9.17) is 4.43 Å². The Hall–Kier alpha value is -0.806. The second-order valence-electron chi connectivity index (χ2n) is 7.11. The first-order valence-corrected chi connectivity index (χ1v) is 14.0. The molecule has 0 aliphatic rings. The Morgan fingerprint density at radius 1 is 1.00 bits per heavy atom. The van der Waals surface area contributed by atoms with Gasteiger partial charge in [0, 0.05) is 0 Å². The van der Waals surface area contributed by atoms with E-state index in [1.165, 1.54) is 5.56 Å². The molecule has 0 unspecified atom stereocenters. The lowest BCUT2D eigenvalue weighted by atomic mass is 10.1. The lowest BCUT2D eigenvalue weighted by Gasteiger charge is -2.24. The highest BCUT2D eigenvalue weighted by atomic mass is 28.4. The maximum absolute atomic E-state index is 6.02. The molecule has 0 heterocycles. The van der Waals surface area contributed by atoms with Crippen molar-refractivity contribution < 1.29 is 4.43 Å². The normalized spacial score (nSPS) is 13.5. The Kier molecular flexibility index (Phi) is 5.62. The summed E-state index contributed by atoms with van der Waals surface area (Å²) >= 11 is 0. The van der Waals surface area contributed by atoms with E-state index >= 15 is 0 Å². The van der Waals surface area contributed by atoms with Crippen molar-refractivity contribution in [1.82, 2.24) is 0 Å². The summed E-state index contributed by atoms with van der Waals surface area (Å²) in [5, 5.41) is 1.54. The fourth-order valence-corrected chi connectivity index (χ4v) is 3.68. The number of benzene rings is 1. The van der Waals surface area contributed by atoms with Gasteiger partial charge in [-0.15, -0.1) is 0 Å². The third-order valence-corrected chi connectivity index (χ3v) is 6.16. The Morgan fingerprint density at radius 2 is 1.58 bits per heavy atom.